The molecule has 144 valence electrons. The van der Waals surface area contributed by atoms with E-state index in [0.29, 0.717) is 28.0 Å². The van der Waals surface area contributed by atoms with E-state index in [9.17, 15) is 4.79 Å². The SMILES string of the molecule is CCOC(=O)C(Oc1ccccc1)Oc1ccc(Oc2ccc(Cl)cc2)cc1. The Labute approximate surface area is 168 Å². The van der Waals surface area contributed by atoms with E-state index in [1.165, 1.54) is 0 Å². The number of carbonyl (C=O) groups is 1. The Morgan fingerprint density at radius 3 is 1.86 bits per heavy atom. The van der Waals surface area contributed by atoms with Gasteiger partial charge in [-0.3, -0.25) is 0 Å². The Bertz CT molecular complexity index is 879. The van der Waals surface area contributed by atoms with Crippen LogP contribution in [0.2, 0.25) is 5.02 Å². The van der Waals surface area contributed by atoms with E-state index in [-0.39, 0.29) is 6.61 Å². The Hall–Kier alpha value is -3.18. The van der Waals surface area contributed by atoms with Crippen LogP contribution in [0.15, 0.2) is 78.9 Å². The molecule has 0 spiro atoms. The smallest absolute Gasteiger partial charge is 0.389 e. The highest BCUT2D eigenvalue weighted by Gasteiger charge is 2.24. The summed E-state index contributed by atoms with van der Waals surface area (Å²) in [5, 5.41) is 0.638. The van der Waals surface area contributed by atoms with Gasteiger partial charge in [-0.15, -0.1) is 0 Å². The maximum Gasteiger partial charge on any atom is 0.389 e. The molecule has 3 rings (SSSR count). The van der Waals surface area contributed by atoms with Crippen molar-refractivity contribution in [3.8, 4) is 23.0 Å². The number of para-hydroxylation sites is 1. The van der Waals surface area contributed by atoms with Crippen molar-refractivity contribution in [2.45, 2.75) is 13.2 Å². The molecule has 0 fully saturated rings. The molecule has 1 unspecified atom stereocenters. The number of carbonyl (C=O) groups excluding carboxylic acids is 1. The van der Waals surface area contributed by atoms with Gasteiger partial charge in [-0.25, -0.2) is 4.79 Å². The van der Waals surface area contributed by atoms with E-state index in [1.807, 2.05) is 6.07 Å². The normalized spacial score (nSPS) is 11.4. The van der Waals surface area contributed by atoms with Crippen LogP contribution in [0.4, 0.5) is 0 Å². The lowest BCUT2D eigenvalue weighted by Gasteiger charge is -2.19. The zero-order valence-corrected chi connectivity index (χ0v) is 16.0. The predicted molar refractivity (Wildman–Crippen MR) is 106 cm³/mol. The molecule has 0 saturated heterocycles. The predicted octanol–water partition coefficient (Wildman–Crippen LogP) is 5.48. The van der Waals surface area contributed by atoms with Crippen LogP contribution in [-0.4, -0.2) is 18.9 Å². The highest BCUT2D eigenvalue weighted by Crippen LogP contribution is 2.26. The second-order valence-corrected chi connectivity index (χ2v) is 6.10. The van der Waals surface area contributed by atoms with Gasteiger partial charge in [0.15, 0.2) is 0 Å². The second kappa shape index (κ2) is 9.67. The van der Waals surface area contributed by atoms with Crippen molar-refractivity contribution in [2.24, 2.45) is 0 Å². The summed E-state index contributed by atoms with van der Waals surface area (Å²) in [5.74, 6) is 1.62. The van der Waals surface area contributed by atoms with Crippen LogP contribution in [0.1, 0.15) is 6.92 Å². The van der Waals surface area contributed by atoms with Gasteiger partial charge in [0.1, 0.15) is 23.0 Å². The highest BCUT2D eigenvalue weighted by atomic mass is 35.5. The van der Waals surface area contributed by atoms with Gasteiger partial charge in [-0.1, -0.05) is 29.8 Å². The molecule has 0 N–H and O–H groups in total. The van der Waals surface area contributed by atoms with Crippen LogP contribution in [0.5, 0.6) is 23.0 Å². The summed E-state index contributed by atoms with van der Waals surface area (Å²) in [5.41, 5.74) is 0. The molecule has 0 radical (unpaired) electrons. The third-order valence-corrected chi connectivity index (χ3v) is 3.83. The summed E-state index contributed by atoms with van der Waals surface area (Å²) >= 11 is 5.87. The van der Waals surface area contributed by atoms with Crippen molar-refractivity contribution in [1.29, 1.82) is 0 Å². The Kier molecular flexibility index (Phi) is 6.76. The quantitative estimate of drug-likeness (QED) is 0.371. The summed E-state index contributed by atoms with van der Waals surface area (Å²) < 4.78 is 22.1. The monoisotopic (exact) mass is 398 g/mol. The van der Waals surface area contributed by atoms with Gasteiger partial charge in [0.25, 0.3) is 0 Å². The van der Waals surface area contributed by atoms with Crippen molar-refractivity contribution >= 4 is 17.6 Å². The summed E-state index contributed by atoms with van der Waals surface area (Å²) in [6, 6.07) is 22.8. The molecule has 5 nitrogen and oxygen atoms in total. The molecule has 0 aliphatic heterocycles. The van der Waals surface area contributed by atoms with Gasteiger partial charge in [0.05, 0.1) is 6.61 Å². The molecular formula is C22H19ClO5. The Morgan fingerprint density at radius 1 is 0.786 bits per heavy atom. The molecule has 1 atom stereocenters. The molecule has 0 heterocycles. The van der Waals surface area contributed by atoms with Crippen molar-refractivity contribution in [3.63, 3.8) is 0 Å². The van der Waals surface area contributed by atoms with E-state index >= 15 is 0 Å². The fraction of sp³-hybridized carbons (Fsp3) is 0.136. The minimum atomic E-state index is -1.22. The third-order valence-electron chi connectivity index (χ3n) is 3.58. The first-order chi connectivity index (χ1) is 13.6. The van der Waals surface area contributed by atoms with Crippen molar-refractivity contribution in [3.05, 3.63) is 83.9 Å². The van der Waals surface area contributed by atoms with Gasteiger partial charge in [0.2, 0.25) is 0 Å². The minimum absolute atomic E-state index is 0.227. The average Bonchev–Trinajstić information content (AvgIpc) is 2.71. The van der Waals surface area contributed by atoms with E-state index in [2.05, 4.69) is 0 Å². The Morgan fingerprint density at radius 2 is 1.29 bits per heavy atom. The van der Waals surface area contributed by atoms with Crippen LogP contribution in [-0.2, 0) is 9.53 Å². The molecule has 0 aromatic heterocycles. The summed E-state index contributed by atoms with van der Waals surface area (Å²) in [7, 11) is 0. The maximum atomic E-state index is 12.2. The van der Waals surface area contributed by atoms with Crippen LogP contribution in [0, 0.1) is 0 Å². The fourth-order valence-corrected chi connectivity index (χ4v) is 2.43. The van der Waals surface area contributed by atoms with E-state index in [4.69, 9.17) is 30.5 Å². The molecule has 3 aromatic carbocycles. The van der Waals surface area contributed by atoms with Gasteiger partial charge >= 0.3 is 12.3 Å². The molecule has 28 heavy (non-hydrogen) atoms. The molecule has 0 bridgehead atoms. The lowest BCUT2D eigenvalue weighted by molar-refractivity contribution is -0.165. The highest BCUT2D eigenvalue weighted by molar-refractivity contribution is 6.30. The van der Waals surface area contributed by atoms with Crippen LogP contribution in [0.3, 0.4) is 0 Å². The molecule has 3 aromatic rings. The van der Waals surface area contributed by atoms with Gasteiger partial charge < -0.3 is 18.9 Å². The lowest BCUT2D eigenvalue weighted by atomic mass is 10.3. The molecule has 0 aliphatic carbocycles. The van der Waals surface area contributed by atoms with E-state index in [1.54, 1.807) is 79.7 Å². The Balaban J connectivity index is 1.67. The molecule has 0 saturated carbocycles. The lowest BCUT2D eigenvalue weighted by Crippen LogP contribution is -2.35. The third kappa shape index (κ3) is 5.66. The standard InChI is InChI=1S/C22H19ClO5/c1-2-25-21(24)22(27-17-6-4-3-5-7-17)28-20-14-12-19(13-15-20)26-18-10-8-16(23)9-11-18/h3-15,22H,2H2,1H3. The summed E-state index contributed by atoms with van der Waals surface area (Å²) in [6.07, 6.45) is -1.22. The van der Waals surface area contributed by atoms with Crippen molar-refractivity contribution in [1.82, 2.24) is 0 Å². The van der Waals surface area contributed by atoms with Crippen LogP contribution in [0.25, 0.3) is 0 Å². The number of benzene rings is 3. The molecule has 0 aliphatic rings. The first-order valence-corrected chi connectivity index (χ1v) is 9.10. The summed E-state index contributed by atoms with van der Waals surface area (Å²) in [4.78, 5) is 12.2. The van der Waals surface area contributed by atoms with Crippen molar-refractivity contribution in [2.75, 3.05) is 6.61 Å². The first kappa shape index (κ1) is 19.6. The van der Waals surface area contributed by atoms with E-state index in [0.717, 1.165) is 0 Å². The second-order valence-electron chi connectivity index (χ2n) is 5.66. The number of halogens is 1. The largest absolute Gasteiger partial charge is 0.460 e. The zero-order valence-electron chi connectivity index (χ0n) is 15.2. The number of hydrogen-bond acceptors (Lipinski definition) is 5. The topological polar surface area (TPSA) is 54.0 Å². The number of ether oxygens (including phenoxy) is 4. The van der Waals surface area contributed by atoms with Gasteiger partial charge in [-0.05, 0) is 67.6 Å². The van der Waals surface area contributed by atoms with Gasteiger partial charge in [-0.2, -0.15) is 0 Å². The minimum Gasteiger partial charge on any atom is -0.460 e. The van der Waals surface area contributed by atoms with E-state index < -0.39 is 12.3 Å². The molecule has 0 amide bonds. The maximum absolute atomic E-state index is 12.2. The number of esters is 1. The average molecular weight is 399 g/mol. The number of hydrogen-bond donors (Lipinski definition) is 0. The van der Waals surface area contributed by atoms with Crippen LogP contribution < -0.4 is 14.2 Å². The van der Waals surface area contributed by atoms with Crippen LogP contribution >= 0.6 is 11.6 Å². The molecule has 6 heteroatoms. The first-order valence-electron chi connectivity index (χ1n) is 8.72. The van der Waals surface area contributed by atoms with Gasteiger partial charge in [0, 0.05) is 5.02 Å². The molecular weight excluding hydrogens is 380 g/mol. The fourth-order valence-electron chi connectivity index (χ4n) is 2.30. The zero-order chi connectivity index (χ0) is 19.8. The van der Waals surface area contributed by atoms with Crippen molar-refractivity contribution < 1.29 is 23.7 Å². The number of rotatable bonds is 8. The summed E-state index contributed by atoms with van der Waals surface area (Å²) in [6.45, 7) is 1.95.